The summed E-state index contributed by atoms with van der Waals surface area (Å²) in [6, 6.07) is 3.96. The van der Waals surface area contributed by atoms with Crippen molar-refractivity contribution in [3.8, 4) is 0 Å². The second kappa shape index (κ2) is 8.75. The van der Waals surface area contributed by atoms with Crippen LogP contribution in [-0.4, -0.2) is 26.0 Å². The molecule has 1 aliphatic rings. The lowest BCUT2D eigenvalue weighted by Gasteiger charge is -2.18. The molecule has 162 valence electrons. The van der Waals surface area contributed by atoms with Crippen LogP contribution in [0.15, 0.2) is 37.3 Å². The minimum Gasteiger partial charge on any atom is -0.340 e. The van der Waals surface area contributed by atoms with Gasteiger partial charge in [0.2, 0.25) is 5.89 Å². The van der Waals surface area contributed by atoms with Crippen molar-refractivity contribution in [2.75, 3.05) is 0 Å². The Bertz CT molecular complexity index is 1120. The van der Waals surface area contributed by atoms with Crippen molar-refractivity contribution < 1.29 is 14.2 Å². The van der Waals surface area contributed by atoms with Crippen molar-refractivity contribution >= 4 is 34.7 Å². The maximum atomic E-state index is 12.9. The molecule has 1 amide bonds. The average Bonchev–Trinajstić information content (AvgIpc) is 3.32. The predicted octanol–water partition coefficient (Wildman–Crippen LogP) is 4.90. The third kappa shape index (κ3) is 4.93. The SMILES string of the molecule is Cc1csc(Sc2ccc(C(=O)NC(c3nc(C4CC4)no3)C(C)C)cc2[N+](=O)[O-])n1. The van der Waals surface area contributed by atoms with Crippen LogP contribution in [0.1, 0.15) is 66.4 Å². The Kier molecular flexibility index (Phi) is 6.05. The molecular formula is C20H21N5O4S2. The monoisotopic (exact) mass is 459 g/mol. The van der Waals surface area contributed by atoms with E-state index in [1.165, 1.54) is 29.2 Å². The number of hydrogen-bond donors (Lipinski definition) is 1. The highest BCUT2D eigenvalue weighted by Gasteiger charge is 2.32. The standard InChI is InChI=1S/C20H21N5O4S2/c1-10(2)16(19-23-17(24-29-19)12-4-5-12)22-18(26)13-6-7-15(14(8-13)25(27)28)31-20-21-11(3)9-30-20/h6-10,12,16H,4-5H2,1-3H3,(H,22,26). The highest BCUT2D eigenvalue weighted by atomic mass is 32.2. The van der Waals surface area contributed by atoms with Gasteiger partial charge < -0.3 is 9.84 Å². The summed E-state index contributed by atoms with van der Waals surface area (Å²) in [6.45, 7) is 5.73. The Morgan fingerprint density at radius 1 is 1.35 bits per heavy atom. The van der Waals surface area contributed by atoms with Crippen molar-refractivity contribution in [1.82, 2.24) is 20.4 Å². The van der Waals surface area contributed by atoms with E-state index in [0.29, 0.717) is 26.9 Å². The molecule has 9 nitrogen and oxygen atoms in total. The van der Waals surface area contributed by atoms with Crippen LogP contribution in [0, 0.1) is 23.0 Å². The first kappa shape index (κ1) is 21.4. The second-order valence-corrected chi connectivity index (χ2v) is 9.90. The third-order valence-corrected chi connectivity index (χ3v) is 6.95. The Balaban J connectivity index is 1.54. The van der Waals surface area contributed by atoms with Crippen LogP contribution in [-0.2, 0) is 0 Å². The lowest BCUT2D eigenvalue weighted by molar-refractivity contribution is -0.387. The number of thiazole rings is 1. The fraction of sp³-hybridized carbons (Fsp3) is 0.400. The van der Waals surface area contributed by atoms with Crippen molar-refractivity contribution in [3.05, 3.63) is 56.7 Å². The lowest BCUT2D eigenvalue weighted by atomic mass is 10.0. The van der Waals surface area contributed by atoms with Crippen molar-refractivity contribution in [1.29, 1.82) is 0 Å². The molecule has 1 saturated carbocycles. The van der Waals surface area contributed by atoms with Crippen LogP contribution in [0.5, 0.6) is 0 Å². The minimum atomic E-state index is -0.487. The lowest BCUT2D eigenvalue weighted by Crippen LogP contribution is -2.32. The Morgan fingerprint density at radius 3 is 2.74 bits per heavy atom. The summed E-state index contributed by atoms with van der Waals surface area (Å²) in [6.07, 6.45) is 2.10. The number of nitrogens with zero attached hydrogens (tertiary/aromatic N) is 4. The first-order chi connectivity index (χ1) is 14.8. The molecule has 1 N–H and O–H groups in total. The summed E-state index contributed by atoms with van der Waals surface area (Å²) >= 11 is 2.63. The predicted molar refractivity (Wildman–Crippen MR) is 115 cm³/mol. The highest BCUT2D eigenvalue weighted by Crippen LogP contribution is 2.39. The van der Waals surface area contributed by atoms with Gasteiger partial charge in [0.15, 0.2) is 10.2 Å². The number of hydrogen-bond acceptors (Lipinski definition) is 9. The summed E-state index contributed by atoms with van der Waals surface area (Å²) < 4.78 is 6.09. The van der Waals surface area contributed by atoms with Gasteiger partial charge in [0.05, 0.1) is 9.82 Å². The van der Waals surface area contributed by atoms with Gasteiger partial charge in [-0.1, -0.05) is 30.8 Å². The topological polar surface area (TPSA) is 124 Å². The molecule has 0 saturated heterocycles. The van der Waals surface area contributed by atoms with E-state index >= 15 is 0 Å². The number of benzene rings is 1. The number of aromatic nitrogens is 3. The minimum absolute atomic E-state index is 0.00518. The summed E-state index contributed by atoms with van der Waals surface area (Å²) in [5, 5.41) is 20.4. The molecule has 1 fully saturated rings. The van der Waals surface area contributed by atoms with E-state index in [4.69, 9.17) is 4.52 Å². The van der Waals surface area contributed by atoms with Crippen LogP contribution in [0.3, 0.4) is 0 Å². The molecule has 1 atom stereocenters. The van der Waals surface area contributed by atoms with E-state index in [2.05, 4.69) is 20.4 Å². The van der Waals surface area contributed by atoms with E-state index in [1.54, 1.807) is 12.1 Å². The van der Waals surface area contributed by atoms with Crippen LogP contribution in [0.25, 0.3) is 0 Å². The van der Waals surface area contributed by atoms with E-state index in [0.717, 1.165) is 18.5 Å². The van der Waals surface area contributed by atoms with E-state index < -0.39 is 16.9 Å². The number of rotatable bonds is 8. The van der Waals surface area contributed by atoms with Crippen LogP contribution < -0.4 is 5.32 Å². The fourth-order valence-corrected chi connectivity index (χ4v) is 4.86. The summed E-state index contributed by atoms with van der Waals surface area (Å²) in [5.41, 5.74) is 0.913. The molecule has 3 aromatic rings. The zero-order valence-electron chi connectivity index (χ0n) is 17.2. The quantitative estimate of drug-likeness (QED) is 0.373. The molecule has 4 rings (SSSR count). The van der Waals surface area contributed by atoms with Gasteiger partial charge in [0.25, 0.3) is 11.6 Å². The number of aryl methyl sites for hydroxylation is 1. The highest BCUT2D eigenvalue weighted by molar-refractivity contribution is 8.01. The number of nitrogens with one attached hydrogen (secondary N) is 1. The van der Waals surface area contributed by atoms with Gasteiger partial charge in [-0.3, -0.25) is 14.9 Å². The molecule has 2 aromatic heterocycles. The van der Waals surface area contributed by atoms with E-state index in [1.807, 2.05) is 26.2 Å². The number of nitro benzene ring substituents is 1. The second-order valence-electron chi connectivity index (χ2n) is 7.76. The molecular weight excluding hydrogens is 438 g/mol. The first-order valence-electron chi connectivity index (χ1n) is 9.84. The molecule has 1 aliphatic carbocycles. The molecule has 11 heteroatoms. The van der Waals surface area contributed by atoms with Gasteiger partial charge in [-0.2, -0.15) is 4.98 Å². The number of carbonyl (C=O) groups excluding carboxylic acids is 1. The molecule has 0 radical (unpaired) electrons. The molecule has 0 aliphatic heterocycles. The normalized spacial score (nSPS) is 14.6. The van der Waals surface area contributed by atoms with Crippen molar-refractivity contribution in [2.45, 2.75) is 54.8 Å². The Hall–Kier alpha value is -2.79. The Morgan fingerprint density at radius 2 is 2.13 bits per heavy atom. The number of carbonyl (C=O) groups is 1. The molecule has 1 unspecified atom stereocenters. The Labute approximate surface area is 186 Å². The average molecular weight is 460 g/mol. The van der Waals surface area contributed by atoms with Gasteiger partial charge >= 0.3 is 0 Å². The number of nitro groups is 1. The maximum absolute atomic E-state index is 12.9. The van der Waals surface area contributed by atoms with Gasteiger partial charge in [-0.25, -0.2) is 4.98 Å². The molecule has 31 heavy (non-hydrogen) atoms. The molecule has 0 bridgehead atoms. The van der Waals surface area contributed by atoms with Crippen molar-refractivity contribution in [2.24, 2.45) is 5.92 Å². The van der Waals surface area contributed by atoms with E-state index in [-0.39, 0.29) is 17.2 Å². The summed E-state index contributed by atoms with van der Waals surface area (Å²) in [7, 11) is 0. The smallest absolute Gasteiger partial charge is 0.284 e. The number of amides is 1. The molecule has 0 spiro atoms. The maximum Gasteiger partial charge on any atom is 0.284 e. The summed E-state index contributed by atoms with van der Waals surface area (Å²) in [5.74, 6) is 0.926. The summed E-state index contributed by atoms with van der Waals surface area (Å²) in [4.78, 5) is 33.2. The van der Waals surface area contributed by atoms with Crippen LogP contribution in [0.2, 0.25) is 0 Å². The molecule has 1 aromatic carbocycles. The largest absolute Gasteiger partial charge is 0.340 e. The zero-order valence-corrected chi connectivity index (χ0v) is 18.8. The van der Waals surface area contributed by atoms with Gasteiger partial charge in [-0.15, -0.1) is 11.3 Å². The van der Waals surface area contributed by atoms with Crippen LogP contribution >= 0.6 is 23.1 Å². The van der Waals surface area contributed by atoms with Crippen molar-refractivity contribution in [3.63, 3.8) is 0 Å². The van der Waals surface area contributed by atoms with Gasteiger partial charge in [0, 0.05) is 28.6 Å². The van der Waals surface area contributed by atoms with Crippen LogP contribution in [0.4, 0.5) is 5.69 Å². The van der Waals surface area contributed by atoms with Gasteiger partial charge in [-0.05, 0) is 37.8 Å². The van der Waals surface area contributed by atoms with E-state index in [9.17, 15) is 14.9 Å². The third-order valence-electron chi connectivity index (χ3n) is 4.83. The fourth-order valence-electron chi connectivity index (χ4n) is 2.98. The zero-order chi connectivity index (χ0) is 22.1. The first-order valence-corrected chi connectivity index (χ1v) is 11.5. The molecule has 2 heterocycles. The van der Waals surface area contributed by atoms with Gasteiger partial charge in [0.1, 0.15) is 6.04 Å².